The van der Waals surface area contributed by atoms with Crippen molar-refractivity contribution in [3.63, 3.8) is 0 Å². The number of nitrogens with one attached hydrogen (secondary N) is 1. The normalized spacial score (nSPS) is 15.2. The van der Waals surface area contributed by atoms with Crippen molar-refractivity contribution in [3.05, 3.63) is 72.1 Å². The summed E-state index contributed by atoms with van der Waals surface area (Å²) in [5, 5.41) is 7.45. The molecular weight excluding hydrogens is 324 g/mol. The maximum atomic E-state index is 12.5. The highest BCUT2D eigenvalue weighted by atomic mass is 16.2. The van der Waals surface area contributed by atoms with Gasteiger partial charge in [-0.1, -0.05) is 60.7 Å². The molecule has 5 heteroatoms. The zero-order valence-corrected chi connectivity index (χ0v) is 14.6. The number of carbonyl (C=O) groups excluding carboxylic acids is 1. The lowest BCUT2D eigenvalue weighted by atomic mass is 9.95. The van der Waals surface area contributed by atoms with Crippen LogP contribution in [0.4, 0.5) is 0 Å². The summed E-state index contributed by atoms with van der Waals surface area (Å²) >= 11 is 0. The predicted octanol–water partition coefficient (Wildman–Crippen LogP) is 3.42. The predicted molar refractivity (Wildman–Crippen MR) is 101 cm³/mol. The van der Waals surface area contributed by atoms with Crippen LogP contribution in [0.1, 0.15) is 30.1 Å². The Kier molecular flexibility index (Phi) is 4.78. The molecule has 2 aromatic carbocycles. The average Bonchev–Trinajstić information content (AvgIpc) is 3.20. The number of likely N-dealkylation sites (tertiary alicyclic amines) is 1. The molecule has 1 aromatic heterocycles. The summed E-state index contributed by atoms with van der Waals surface area (Å²) in [7, 11) is 0. The summed E-state index contributed by atoms with van der Waals surface area (Å²) in [6.45, 7) is 1.55. The fraction of sp³-hybridized carbons (Fsp3) is 0.286. The van der Waals surface area contributed by atoms with Gasteiger partial charge in [0.25, 0.3) is 0 Å². The molecule has 0 radical (unpaired) electrons. The van der Waals surface area contributed by atoms with Gasteiger partial charge in [-0.2, -0.15) is 5.10 Å². The minimum Gasteiger partial charge on any atom is -0.342 e. The molecule has 132 valence electrons. The maximum absolute atomic E-state index is 12.5. The Hall–Kier alpha value is -2.95. The fourth-order valence-electron chi connectivity index (χ4n) is 3.46. The number of nitrogens with zero attached hydrogens (tertiary/aromatic N) is 3. The molecule has 0 atom stereocenters. The van der Waals surface area contributed by atoms with Crippen LogP contribution in [0.15, 0.2) is 60.7 Å². The second kappa shape index (κ2) is 7.52. The number of piperidine rings is 1. The number of H-pyrrole nitrogens is 1. The zero-order chi connectivity index (χ0) is 17.8. The number of amides is 1. The van der Waals surface area contributed by atoms with Crippen molar-refractivity contribution in [2.75, 3.05) is 13.1 Å². The van der Waals surface area contributed by atoms with E-state index in [-0.39, 0.29) is 5.91 Å². The number of hydrogen-bond acceptors (Lipinski definition) is 3. The van der Waals surface area contributed by atoms with E-state index in [0.29, 0.717) is 12.3 Å². The van der Waals surface area contributed by atoms with Crippen molar-refractivity contribution in [1.82, 2.24) is 20.1 Å². The van der Waals surface area contributed by atoms with Crippen LogP contribution in [0.5, 0.6) is 0 Å². The maximum Gasteiger partial charge on any atom is 0.226 e. The van der Waals surface area contributed by atoms with E-state index in [9.17, 15) is 4.79 Å². The van der Waals surface area contributed by atoms with Gasteiger partial charge in [0.1, 0.15) is 5.82 Å². The Morgan fingerprint density at radius 2 is 1.65 bits per heavy atom. The first kappa shape index (κ1) is 16.5. The van der Waals surface area contributed by atoms with Crippen LogP contribution < -0.4 is 0 Å². The van der Waals surface area contributed by atoms with Gasteiger partial charge in [-0.15, -0.1) is 0 Å². The van der Waals surface area contributed by atoms with E-state index >= 15 is 0 Å². The molecule has 0 bridgehead atoms. The van der Waals surface area contributed by atoms with E-state index in [4.69, 9.17) is 0 Å². The second-order valence-corrected chi connectivity index (χ2v) is 6.73. The van der Waals surface area contributed by atoms with Crippen molar-refractivity contribution < 1.29 is 4.79 Å². The van der Waals surface area contributed by atoms with Crippen LogP contribution in [0.3, 0.4) is 0 Å². The lowest BCUT2D eigenvalue weighted by molar-refractivity contribution is -0.131. The van der Waals surface area contributed by atoms with E-state index in [0.717, 1.165) is 48.7 Å². The molecule has 4 rings (SSSR count). The quantitative estimate of drug-likeness (QED) is 0.787. The van der Waals surface area contributed by atoms with E-state index in [1.165, 1.54) is 0 Å². The molecule has 1 aliphatic heterocycles. The summed E-state index contributed by atoms with van der Waals surface area (Å²) in [6, 6.07) is 19.9. The minimum atomic E-state index is 0.206. The first-order chi connectivity index (χ1) is 12.8. The van der Waals surface area contributed by atoms with Crippen LogP contribution in [-0.2, 0) is 11.2 Å². The summed E-state index contributed by atoms with van der Waals surface area (Å²) in [6.07, 6.45) is 2.32. The first-order valence-electron chi connectivity index (χ1n) is 9.09. The van der Waals surface area contributed by atoms with Crippen LogP contribution in [0.25, 0.3) is 11.4 Å². The molecule has 1 saturated heterocycles. The van der Waals surface area contributed by atoms with Crippen molar-refractivity contribution in [2.24, 2.45) is 0 Å². The Morgan fingerprint density at radius 1 is 1.00 bits per heavy atom. The smallest absolute Gasteiger partial charge is 0.226 e. The molecular formula is C21H22N4O. The standard InChI is InChI=1S/C21H22N4O/c26-19(15-16-7-3-1-4-8-16)25-13-11-18(12-14-25)21-22-20(23-24-21)17-9-5-2-6-10-17/h1-10,18H,11-15H2,(H,22,23,24). The number of aromatic amines is 1. The SMILES string of the molecule is O=C(Cc1ccccc1)N1CCC(c2nc(-c3ccccc3)n[nH]2)CC1. The third-order valence-corrected chi connectivity index (χ3v) is 4.97. The van der Waals surface area contributed by atoms with Gasteiger partial charge < -0.3 is 4.90 Å². The van der Waals surface area contributed by atoms with Crippen LogP contribution in [0.2, 0.25) is 0 Å². The first-order valence-corrected chi connectivity index (χ1v) is 9.09. The molecule has 0 spiro atoms. The number of carbonyl (C=O) groups is 1. The Morgan fingerprint density at radius 3 is 2.35 bits per heavy atom. The lowest BCUT2D eigenvalue weighted by Gasteiger charge is -2.31. The molecule has 0 aliphatic carbocycles. The monoisotopic (exact) mass is 346 g/mol. The van der Waals surface area contributed by atoms with Crippen molar-refractivity contribution >= 4 is 5.91 Å². The minimum absolute atomic E-state index is 0.206. The average molecular weight is 346 g/mol. The molecule has 0 unspecified atom stereocenters. The number of hydrogen-bond donors (Lipinski definition) is 1. The third-order valence-electron chi connectivity index (χ3n) is 4.97. The Balaban J connectivity index is 1.35. The molecule has 0 saturated carbocycles. The van der Waals surface area contributed by atoms with Gasteiger partial charge in [0.2, 0.25) is 5.91 Å². The van der Waals surface area contributed by atoms with Gasteiger partial charge in [-0.05, 0) is 18.4 Å². The third kappa shape index (κ3) is 3.67. The van der Waals surface area contributed by atoms with E-state index in [1.807, 2.05) is 65.6 Å². The lowest BCUT2D eigenvalue weighted by Crippen LogP contribution is -2.39. The summed E-state index contributed by atoms with van der Waals surface area (Å²) in [4.78, 5) is 19.1. The summed E-state index contributed by atoms with van der Waals surface area (Å²) in [5.74, 6) is 2.21. The molecule has 1 amide bonds. The second-order valence-electron chi connectivity index (χ2n) is 6.73. The Labute approximate surface area is 153 Å². The zero-order valence-electron chi connectivity index (χ0n) is 14.6. The Bertz CT molecular complexity index is 852. The fourth-order valence-corrected chi connectivity index (χ4v) is 3.46. The largest absolute Gasteiger partial charge is 0.342 e. The number of aromatic nitrogens is 3. The van der Waals surface area contributed by atoms with Crippen molar-refractivity contribution in [2.45, 2.75) is 25.2 Å². The summed E-state index contributed by atoms with van der Waals surface area (Å²) < 4.78 is 0. The highest BCUT2D eigenvalue weighted by molar-refractivity contribution is 5.78. The van der Waals surface area contributed by atoms with Gasteiger partial charge in [0, 0.05) is 24.6 Å². The molecule has 26 heavy (non-hydrogen) atoms. The van der Waals surface area contributed by atoms with Gasteiger partial charge in [0.15, 0.2) is 5.82 Å². The van der Waals surface area contributed by atoms with E-state index in [2.05, 4.69) is 15.2 Å². The highest BCUT2D eigenvalue weighted by Gasteiger charge is 2.26. The van der Waals surface area contributed by atoms with Crippen LogP contribution in [0, 0.1) is 0 Å². The van der Waals surface area contributed by atoms with Gasteiger partial charge in [0.05, 0.1) is 6.42 Å². The molecule has 1 fully saturated rings. The van der Waals surface area contributed by atoms with Gasteiger partial charge in [-0.25, -0.2) is 4.98 Å². The molecule has 1 aliphatic rings. The molecule has 3 aromatic rings. The van der Waals surface area contributed by atoms with Crippen LogP contribution >= 0.6 is 0 Å². The number of benzene rings is 2. The highest BCUT2D eigenvalue weighted by Crippen LogP contribution is 2.27. The topological polar surface area (TPSA) is 61.9 Å². The van der Waals surface area contributed by atoms with Crippen molar-refractivity contribution in [3.8, 4) is 11.4 Å². The van der Waals surface area contributed by atoms with E-state index < -0.39 is 0 Å². The van der Waals surface area contributed by atoms with Crippen LogP contribution in [-0.4, -0.2) is 39.1 Å². The van der Waals surface area contributed by atoms with Gasteiger partial charge in [-0.3, -0.25) is 9.89 Å². The summed E-state index contributed by atoms with van der Waals surface area (Å²) in [5.41, 5.74) is 2.09. The molecule has 1 N–H and O–H groups in total. The van der Waals surface area contributed by atoms with Crippen molar-refractivity contribution in [1.29, 1.82) is 0 Å². The molecule has 5 nitrogen and oxygen atoms in total. The number of rotatable bonds is 4. The van der Waals surface area contributed by atoms with E-state index in [1.54, 1.807) is 0 Å². The molecule has 2 heterocycles. The van der Waals surface area contributed by atoms with Gasteiger partial charge >= 0.3 is 0 Å².